The summed E-state index contributed by atoms with van der Waals surface area (Å²) in [5.74, 6) is 1.58. The molecule has 0 aliphatic carbocycles. The zero-order valence-corrected chi connectivity index (χ0v) is 12.5. The lowest BCUT2D eigenvalue weighted by molar-refractivity contribution is 0.0910. The Morgan fingerprint density at radius 1 is 1.28 bits per heavy atom. The van der Waals surface area contributed by atoms with Crippen LogP contribution in [0.1, 0.15) is 9.70 Å². The number of alkyl halides is 1. The van der Waals surface area contributed by atoms with Gasteiger partial charge in [-0.3, -0.25) is 0 Å². The average molecular weight is 346 g/mol. The smallest absolute Gasteiger partial charge is 0.161 e. The van der Waals surface area contributed by atoms with Crippen molar-refractivity contribution in [2.24, 2.45) is 0 Å². The molecule has 0 amide bonds. The third kappa shape index (κ3) is 2.25. The van der Waals surface area contributed by atoms with Crippen molar-refractivity contribution in [3.63, 3.8) is 0 Å². The van der Waals surface area contributed by atoms with Gasteiger partial charge in [0, 0.05) is 4.88 Å². The molecule has 3 rings (SSSR count). The highest BCUT2D eigenvalue weighted by Gasteiger charge is 2.30. The van der Waals surface area contributed by atoms with Crippen molar-refractivity contribution in [2.75, 3.05) is 6.61 Å². The van der Waals surface area contributed by atoms with Crippen LogP contribution in [0.25, 0.3) is 0 Å². The number of thiophene rings is 1. The summed E-state index contributed by atoms with van der Waals surface area (Å²) >= 11 is 11.4. The van der Waals surface area contributed by atoms with Crippen LogP contribution >= 0.6 is 38.9 Å². The van der Waals surface area contributed by atoms with Gasteiger partial charge in [-0.1, -0.05) is 39.7 Å². The quantitative estimate of drug-likeness (QED) is 0.736. The SMILES string of the molecule is Clc1ccsc1C(Br)C1COc2ccccc2O1. The van der Waals surface area contributed by atoms with Crippen molar-refractivity contribution in [1.82, 2.24) is 0 Å². The molecule has 0 fully saturated rings. The molecule has 2 heterocycles. The van der Waals surface area contributed by atoms with E-state index in [1.54, 1.807) is 11.3 Å². The summed E-state index contributed by atoms with van der Waals surface area (Å²) in [6, 6.07) is 9.59. The molecule has 1 aromatic heterocycles. The summed E-state index contributed by atoms with van der Waals surface area (Å²) in [6.45, 7) is 0.515. The lowest BCUT2D eigenvalue weighted by Crippen LogP contribution is -2.32. The standard InChI is InChI=1S/C13H10BrClO2S/c14-12(13-8(15)5-6-18-13)11-7-16-9-3-1-2-4-10(9)17-11/h1-6,11-12H,7H2. The first-order valence-corrected chi connectivity index (χ1v) is 7.68. The monoisotopic (exact) mass is 344 g/mol. The molecule has 2 aromatic rings. The van der Waals surface area contributed by atoms with Crippen molar-refractivity contribution in [3.8, 4) is 11.5 Å². The normalized spacial score (nSPS) is 19.6. The predicted octanol–water partition coefficient (Wildman–Crippen LogP) is 4.68. The van der Waals surface area contributed by atoms with Crippen LogP contribution in [-0.2, 0) is 0 Å². The molecular weight excluding hydrogens is 336 g/mol. The Labute approximate surface area is 123 Å². The highest BCUT2D eigenvalue weighted by Crippen LogP contribution is 2.41. The summed E-state index contributed by atoms with van der Waals surface area (Å²) in [5, 5.41) is 2.74. The highest BCUT2D eigenvalue weighted by molar-refractivity contribution is 9.09. The largest absolute Gasteiger partial charge is 0.486 e. The predicted molar refractivity (Wildman–Crippen MR) is 77.4 cm³/mol. The van der Waals surface area contributed by atoms with Crippen LogP contribution in [0, 0.1) is 0 Å². The van der Waals surface area contributed by atoms with E-state index in [1.165, 1.54) is 0 Å². The molecule has 1 aromatic carbocycles. The van der Waals surface area contributed by atoms with E-state index in [0.717, 1.165) is 21.4 Å². The van der Waals surface area contributed by atoms with Crippen molar-refractivity contribution < 1.29 is 9.47 Å². The van der Waals surface area contributed by atoms with Gasteiger partial charge in [0.15, 0.2) is 17.6 Å². The molecule has 0 saturated carbocycles. The van der Waals surface area contributed by atoms with Crippen LogP contribution < -0.4 is 9.47 Å². The summed E-state index contributed by atoms with van der Waals surface area (Å²) in [5.41, 5.74) is 0. The number of rotatable bonds is 2. The second kappa shape index (κ2) is 5.11. The van der Waals surface area contributed by atoms with Crippen LogP contribution in [0.2, 0.25) is 5.02 Å². The summed E-state index contributed by atoms with van der Waals surface area (Å²) < 4.78 is 11.7. The molecule has 18 heavy (non-hydrogen) atoms. The topological polar surface area (TPSA) is 18.5 Å². The molecule has 2 unspecified atom stereocenters. The Morgan fingerprint density at radius 3 is 2.78 bits per heavy atom. The van der Waals surface area contributed by atoms with Gasteiger partial charge in [-0.05, 0) is 23.6 Å². The second-order valence-corrected chi connectivity index (χ2v) is 6.29. The number of benzene rings is 1. The lowest BCUT2D eigenvalue weighted by atomic mass is 10.2. The fourth-order valence-electron chi connectivity index (χ4n) is 1.85. The Bertz CT molecular complexity index is 557. The van der Waals surface area contributed by atoms with Crippen LogP contribution in [0.15, 0.2) is 35.7 Å². The minimum absolute atomic E-state index is 0.0401. The van der Waals surface area contributed by atoms with E-state index in [-0.39, 0.29) is 10.9 Å². The molecule has 0 saturated heterocycles. The fourth-order valence-corrected chi connectivity index (χ4v) is 4.02. The number of para-hydroxylation sites is 2. The van der Waals surface area contributed by atoms with Gasteiger partial charge in [-0.15, -0.1) is 11.3 Å². The van der Waals surface area contributed by atoms with Crippen molar-refractivity contribution >= 4 is 38.9 Å². The third-order valence-electron chi connectivity index (χ3n) is 2.75. The first-order chi connectivity index (χ1) is 8.75. The molecule has 0 radical (unpaired) electrons. The molecule has 94 valence electrons. The van der Waals surface area contributed by atoms with Crippen LogP contribution in [-0.4, -0.2) is 12.7 Å². The summed E-state index contributed by atoms with van der Waals surface area (Å²) in [7, 11) is 0. The maximum atomic E-state index is 6.14. The van der Waals surface area contributed by atoms with Gasteiger partial charge in [0.2, 0.25) is 0 Å². The zero-order valence-electron chi connectivity index (χ0n) is 9.31. The van der Waals surface area contributed by atoms with Crippen molar-refractivity contribution in [2.45, 2.75) is 10.9 Å². The highest BCUT2D eigenvalue weighted by atomic mass is 79.9. The number of hydrogen-bond donors (Lipinski definition) is 0. The lowest BCUT2D eigenvalue weighted by Gasteiger charge is -2.29. The van der Waals surface area contributed by atoms with Gasteiger partial charge in [0.05, 0.1) is 9.85 Å². The van der Waals surface area contributed by atoms with E-state index in [1.807, 2.05) is 35.7 Å². The van der Waals surface area contributed by atoms with Crippen LogP contribution in [0.4, 0.5) is 0 Å². The molecule has 1 aliphatic heterocycles. The number of hydrogen-bond acceptors (Lipinski definition) is 3. The van der Waals surface area contributed by atoms with E-state index in [0.29, 0.717) is 6.61 Å². The van der Waals surface area contributed by atoms with Crippen LogP contribution in [0.3, 0.4) is 0 Å². The van der Waals surface area contributed by atoms with Crippen molar-refractivity contribution in [3.05, 3.63) is 45.6 Å². The molecule has 0 bridgehead atoms. The van der Waals surface area contributed by atoms with E-state index in [2.05, 4.69) is 15.9 Å². The maximum absolute atomic E-state index is 6.14. The Balaban J connectivity index is 1.82. The number of ether oxygens (including phenoxy) is 2. The number of fused-ring (bicyclic) bond motifs is 1. The third-order valence-corrected chi connectivity index (χ3v) is 5.54. The van der Waals surface area contributed by atoms with Gasteiger partial charge in [0.25, 0.3) is 0 Å². The molecule has 2 nitrogen and oxygen atoms in total. The minimum Gasteiger partial charge on any atom is -0.486 e. The molecule has 5 heteroatoms. The molecule has 0 N–H and O–H groups in total. The maximum Gasteiger partial charge on any atom is 0.161 e. The minimum atomic E-state index is -0.0731. The average Bonchev–Trinajstić information content (AvgIpc) is 2.83. The van der Waals surface area contributed by atoms with E-state index in [4.69, 9.17) is 21.1 Å². The molecule has 2 atom stereocenters. The first kappa shape index (κ1) is 12.3. The van der Waals surface area contributed by atoms with Gasteiger partial charge in [-0.25, -0.2) is 0 Å². The Hall–Kier alpha value is -0.710. The summed E-state index contributed by atoms with van der Waals surface area (Å²) in [4.78, 5) is 1.11. The fraction of sp³-hybridized carbons (Fsp3) is 0.231. The Morgan fingerprint density at radius 2 is 2.06 bits per heavy atom. The van der Waals surface area contributed by atoms with E-state index >= 15 is 0 Å². The molecule has 1 aliphatic rings. The van der Waals surface area contributed by atoms with Gasteiger partial charge < -0.3 is 9.47 Å². The van der Waals surface area contributed by atoms with E-state index in [9.17, 15) is 0 Å². The zero-order chi connectivity index (χ0) is 12.5. The Kier molecular flexibility index (Phi) is 3.50. The van der Waals surface area contributed by atoms with Gasteiger partial charge in [0.1, 0.15) is 6.61 Å². The van der Waals surface area contributed by atoms with Gasteiger partial charge >= 0.3 is 0 Å². The summed E-state index contributed by atoms with van der Waals surface area (Å²) in [6.07, 6.45) is -0.0731. The second-order valence-electron chi connectivity index (χ2n) is 3.95. The van der Waals surface area contributed by atoms with Crippen molar-refractivity contribution in [1.29, 1.82) is 0 Å². The van der Waals surface area contributed by atoms with E-state index < -0.39 is 0 Å². The number of halogens is 2. The molecular formula is C13H10BrClO2S. The first-order valence-electron chi connectivity index (χ1n) is 5.51. The van der Waals surface area contributed by atoms with Gasteiger partial charge in [-0.2, -0.15) is 0 Å². The molecule has 0 spiro atoms. The van der Waals surface area contributed by atoms with Crippen LogP contribution in [0.5, 0.6) is 11.5 Å².